The van der Waals surface area contributed by atoms with Crippen molar-refractivity contribution < 1.29 is 19.1 Å². The van der Waals surface area contributed by atoms with Gasteiger partial charge in [-0.1, -0.05) is 35.9 Å². The Balaban J connectivity index is 1.46. The Morgan fingerprint density at radius 3 is 2.53 bits per heavy atom. The molecule has 1 saturated heterocycles. The first kappa shape index (κ1) is 20.4. The van der Waals surface area contributed by atoms with Crippen LogP contribution in [0.4, 0.5) is 10.5 Å². The Kier molecular flexibility index (Phi) is 5.74. The van der Waals surface area contributed by atoms with Gasteiger partial charge in [0.25, 0.3) is 11.1 Å². The predicted octanol–water partition coefficient (Wildman–Crippen LogP) is 4.93. The zero-order chi connectivity index (χ0) is 21.3. The molecule has 0 radical (unpaired) electrons. The van der Waals surface area contributed by atoms with Crippen LogP contribution >= 0.6 is 23.4 Å². The van der Waals surface area contributed by atoms with Gasteiger partial charge in [0.2, 0.25) is 6.79 Å². The van der Waals surface area contributed by atoms with Gasteiger partial charge in [0, 0.05) is 30.9 Å². The van der Waals surface area contributed by atoms with E-state index in [0.717, 1.165) is 23.0 Å². The summed E-state index contributed by atoms with van der Waals surface area (Å²) in [5, 5.41) is 0.0899. The van der Waals surface area contributed by atoms with Gasteiger partial charge in [-0.2, -0.15) is 0 Å². The van der Waals surface area contributed by atoms with Gasteiger partial charge in [-0.3, -0.25) is 14.5 Å². The lowest BCUT2D eigenvalue weighted by Crippen LogP contribution is -2.27. The van der Waals surface area contributed by atoms with Crippen LogP contribution in [0.2, 0.25) is 5.02 Å². The summed E-state index contributed by atoms with van der Waals surface area (Å²) >= 11 is 7.20. The highest BCUT2D eigenvalue weighted by Crippen LogP contribution is 2.39. The predicted molar refractivity (Wildman–Crippen MR) is 119 cm³/mol. The van der Waals surface area contributed by atoms with E-state index in [1.165, 1.54) is 4.90 Å². The molecule has 0 saturated carbocycles. The first-order valence-corrected chi connectivity index (χ1v) is 10.4. The summed E-state index contributed by atoms with van der Waals surface area (Å²) in [4.78, 5) is 28.7. The van der Waals surface area contributed by atoms with E-state index in [9.17, 15) is 9.59 Å². The fourth-order valence-corrected chi connectivity index (χ4v) is 4.03. The minimum atomic E-state index is -0.341. The van der Waals surface area contributed by atoms with E-state index < -0.39 is 0 Å². The molecule has 0 aromatic heterocycles. The van der Waals surface area contributed by atoms with Gasteiger partial charge in [-0.05, 0) is 47.2 Å². The lowest BCUT2D eigenvalue weighted by molar-refractivity contribution is -0.123. The van der Waals surface area contributed by atoms with Crippen LogP contribution in [-0.4, -0.2) is 36.9 Å². The molecule has 2 aromatic rings. The number of hydrogen-bond acceptors (Lipinski definition) is 6. The molecule has 1 fully saturated rings. The zero-order valence-corrected chi connectivity index (χ0v) is 18.0. The molecule has 2 aliphatic heterocycles. The van der Waals surface area contributed by atoms with Crippen molar-refractivity contribution in [2.24, 2.45) is 0 Å². The van der Waals surface area contributed by atoms with Crippen molar-refractivity contribution in [1.82, 2.24) is 4.90 Å². The minimum absolute atomic E-state index is 0.0766. The number of benzene rings is 2. The van der Waals surface area contributed by atoms with Crippen molar-refractivity contribution in [3.8, 4) is 11.5 Å². The molecular formula is C22H19ClN2O4S. The fourth-order valence-electron chi connectivity index (χ4n) is 3.03. The number of anilines is 1. The van der Waals surface area contributed by atoms with Gasteiger partial charge >= 0.3 is 0 Å². The highest BCUT2D eigenvalue weighted by Gasteiger charge is 2.35. The van der Waals surface area contributed by atoms with E-state index in [0.29, 0.717) is 27.0 Å². The van der Waals surface area contributed by atoms with Crippen molar-refractivity contribution in [3.05, 3.63) is 69.6 Å². The third kappa shape index (κ3) is 4.17. The fraction of sp³-hybridized carbons (Fsp3) is 0.182. The topological polar surface area (TPSA) is 59.1 Å². The molecule has 4 rings (SSSR count). The van der Waals surface area contributed by atoms with E-state index in [-0.39, 0.29) is 24.5 Å². The molecule has 6 nitrogen and oxygen atoms in total. The zero-order valence-electron chi connectivity index (χ0n) is 16.4. The van der Waals surface area contributed by atoms with Crippen LogP contribution in [0.25, 0.3) is 6.08 Å². The van der Waals surface area contributed by atoms with E-state index in [1.807, 2.05) is 49.3 Å². The van der Waals surface area contributed by atoms with Gasteiger partial charge in [0.05, 0.1) is 11.4 Å². The van der Waals surface area contributed by atoms with Gasteiger partial charge in [-0.15, -0.1) is 0 Å². The second-order valence-corrected chi connectivity index (χ2v) is 8.33. The van der Waals surface area contributed by atoms with Crippen molar-refractivity contribution in [3.63, 3.8) is 0 Å². The Morgan fingerprint density at radius 1 is 1.13 bits per heavy atom. The standard InChI is InChI=1S/C22H19ClN2O4S/c1-24(2)16-8-6-14(7-9-16)4-3-5-20-21(26)25(22(27)30-20)12-15-10-18-19(11-17(15)23)29-13-28-18/h3-11H,12-13H2,1-2H3/b4-3+,20-5-. The average molecular weight is 443 g/mol. The number of imide groups is 1. The maximum Gasteiger partial charge on any atom is 0.293 e. The highest BCUT2D eigenvalue weighted by molar-refractivity contribution is 8.18. The number of carbonyl (C=O) groups excluding carboxylic acids is 2. The Labute approximate surface area is 183 Å². The van der Waals surface area contributed by atoms with Crippen LogP contribution in [0, 0.1) is 0 Å². The number of allylic oxidation sites excluding steroid dienone is 2. The van der Waals surface area contributed by atoms with E-state index >= 15 is 0 Å². The molecule has 0 N–H and O–H groups in total. The summed E-state index contributed by atoms with van der Waals surface area (Å²) in [6.07, 6.45) is 5.32. The summed E-state index contributed by atoms with van der Waals surface area (Å²) in [7, 11) is 3.97. The molecule has 2 aromatic carbocycles. The first-order valence-electron chi connectivity index (χ1n) is 9.20. The van der Waals surface area contributed by atoms with E-state index in [2.05, 4.69) is 0 Å². The summed E-state index contributed by atoms with van der Waals surface area (Å²) in [5.41, 5.74) is 2.74. The molecule has 2 amide bonds. The maximum atomic E-state index is 12.7. The molecule has 0 atom stereocenters. The van der Waals surface area contributed by atoms with Gasteiger partial charge in [0.15, 0.2) is 11.5 Å². The number of amides is 2. The largest absolute Gasteiger partial charge is 0.454 e. The molecular weight excluding hydrogens is 424 g/mol. The molecule has 0 spiro atoms. The summed E-state index contributed by atoms with van der Waals surface area (Å²) in [5.74, 6) is 0.771. The van der Waals surface area contributed by atoms with Crippen LogP contribution in [0.5, 0.6) is 11.5 Å². The smallest absolute Gasteiger partial charge is 0.293 e. The summed E-state index contributed by atoms with van der Waals surface area (Å²) in [6, 6.07) is 11.4. The second kappa shape index (κ2) is 8.45. The minimum Gasteiger partial charge on any atom is -0.454 e. The maximum absolute atomic E-state index is 12.7. The number of nitrogens with zero attached hydrogens (tertiary/aromatic N) is 2. The molecule has 2 aliphatic rings. The summed E-state index contributed by atoms with van der Waals surface area (Å²) in [6.45, 7) is 0.205. The number of hydrogen-bond donors (Lipinski definition) is 0. The molecule has 0 aliphatic carbocycles. The van der Waals surface area contributed by atoms with Gasteiger partial charge < -0.3 is 14.4 Å². The Morgan fingerprint density at radius 2 is 1.83 bits per heavy atom. The number of halogens is 1. The molecule has 2 heterocycles. The second-order valence-electron chi connectivity index (χ2n) is 6.93. The first-order chi connectivity index (χ1) is 14.4. The van der Waals surface area contributed by atoms with Crippen LogP contribution < -0.4 is 14.4 Å². The van der Waals surface area contributed by atoms with Crippen molar-refractivity contribution >= 4 is 46.3 Å². The van der Waals surface area contributed by atoms with Crippen molar-refractivity contribution in [1.29, 1.82) is 0 Å². The SMILES string of the molecule is CN(C)c1ccc(/C=C/C=C2\SC(=O)N(Cc3cc4c(cc3Cl)OCO4)C2=O)cc1. The Hall–Kier alpha value is -2.90. The number of carbonyl (C=O) groups is 2. The van der Waals surface area contributed by atoms with E-state index in [1.54, 1.807) is 24.3 Å². The number of rotatable bonds is 5. The normalized spacial score (nSPS) is 16.9. The molecule has 30 heavy (non-hydrogen) atoms. The molecule has 8 heteroatoms. The summed E-state index contributed by atoms with van der Waals surface area (Å²) < 4.78 is 10.6. The van der Waals surface area contributed by atoms with Crippen molar-refractivity contribution in [2.45, 2.75) is 6.54 Å². The molecule has 0 bridgehead atoms. The lowest BCUT2D eigenvalue weighted by atomic mass is 10.2. The molecule has 0 unspecified atom stereocenters. The van der Waals surface area contributed by atoms with Crippen LogP contribution in [-0.2, 0) is 11.3 Å². The lowest BCUT2D eigenvalue weighted by Gasteiger charge is -2.14. The van der Waals surface area contributed by atoms with Crippen LogP contribution in [0.15, 0.2) is 53.5 Å². The third-order valence-electron chi connectivity index (χ3n) is 4.69. The van der Waals surface area contributed by atoms with Gasteiger partial charge in [0.1, 0.15) is 0 Å². The number of fused-ring (bicyclic) bond motifs is 1. The van der Waals surface area contributed by atoms with E-state index in [4.69, 9.17) is 21.1 Å². The quantitative estimate of drug-likeness (QED) is 0.612. The van der Waals surface area contributed by atoms with Gasteiger partial charge in [-0.25, -0.2) is 0 Å². The van der Waals surface area contributed by atoms with Crippen LogP contribution in [0.1, 0.15) is 11.1 Å². The van der Waals surface area contributed by atoms with Crippen LogP contribution in [0.3, 0.4) is 0 Å². The Bertz CT molecular complexity index is 1060. The third-order valence-corrected chi connectivity index (χ3v) is 5.97. The molecule has 154 valence electrons. The number of ether oxygens (including phenoxy) is 2. The monoisotopic (exact) mass is 442 g/mol. The number of thioether (sulfide) groups is 1. The van der Waals surface area contributed by atoms with Crippen molar-refractivity contribution in [2.75, 3.05) is 25.8 Å². The average Bonchev–Trinajstić information content (AvgIpc) is 3.27. The highest BCUT2D eigenvalue weighted by atomic mass is 35.5.